The Bertz CT molecular complexity index is 260. The topological polar surface area (TPSA) is 41.1 Å². The van der Waals surface area contributed by atoms with Crippen LogP contribution >= 0.6 is 0 Å². The molecule has 0 aromatic rings. The third-order valence-corrected chi connectivity index (χ3v) is 4.47. The third kappa shape index (κ3) is 3.98. The molecule has 1 fully saturated rings. The third-order valence-electron chi connectivity index (χ3n) is 4.47. The predicted octanol–water partition coefficient (Wildman–Crippen LogP) is 2.42. The van der Waals surface area contributed by atoms with E-state index in [1.54, 1.807) is 0 Å². The van der Waals surface area contributed by atoms with Crippen molar-refractivity contribution in [3.05, 3.63) is 0 Å². The van der Waals surface area contributed by atoms with Crippen molar-refractivity contribution in [1.82, 2.24) is 10.6 Å². The highest BCUT2D eigenvalue weighted by Gasteiger charge is 2.34. The van der Waals surface area contributed by atoms with Crippen molar-refractivity contribution >= 4 is 5.91 Å². The Balaban J connectivity index is 2.48. The van der Waals surface area contributed by atoms with E-state index >= 15 is 0 Å². The van der Waals surface area contributed by atoms with Crippen molar-refractivity contribution in [3.8, 4) is 0 Å². The second-order valence-corrected chi connectivity index (χ2v) is 6.67. The molecule has 0 unspecified atom stereocenters. The van der Waals surface area contributed by atoms with Gasteiger partial charge in [-0.2, -0.15) is 0 Å². The van der Waals surface area contributed by atoms with Crippen LogP contribution in [0.1, 0.15) is 47.5 Å². The monoisotopic (exact) mass is 254 g/mol. The lowest BCUT2D eigenvalue weighted by Gasteiger charge is -2.34. The Morgan fingerprint density at radius 3 is 2.11 bits per heavy atom. The first-order valence-corrected chi connectivity index (χ1v) is 7.36. The summed E-state index contributed by atoms with van der Waals surface area (Å²) in [6, 6.07) is 0. The zero-order valence-corrected chi connectivity index (χ0v) is 12.7. The molecule has 0 aliphatic carbocycles. The quantitative estimate of drug-likeness (QED) is 0.791. The van der Waals surface area contributed by atoms with E-state index in [4.69, 9.17) is 0 Å². The second-order valence-electron chi connectivity index (χ2n) is 6.67. The van der Waals surface area contributed by atoms with Crippen LogP contribution in [0.15, 0.2) is 0 Å². The molecule has 0 bridgehead atoms. The summed E-state index contributed by atoms with van der Waals surface area (Å²) < 4.78 is 0. The van der Waals surface area contributed by atoms with Crippen LogP contribution in [-0.2, 0) is 4.79 Å². The van der Waals surface area contributed by atoms with Crippen molar-refractivity contribution < 1.29 is 4.79 Å². The van der Waals surface area contributed by atoms with Crippen LogP contribution in [0.4, 0.5) is 0 Å². The maximum absolute atomic E-state index is 12.3. The number of rotatable bonds is 5. The molecule has 1 amide bonds. The van der Waals surface area contributed by atoms with E-state index in [0.29, 0.717) is 17.8 Å². The molecule has 106 valence electrons. The number of hydrogen-bond acceptors (Lipinski definition) is 2. The minimum atomic E-state index is -0.163. The summed E-state index contributed by atoms with van der Waals surface area (Å²) in [6.07, 6.45) is 1.90. The Morgan fingerprint density at radius 2 is 1.67 bits per heavy atom. The van der Waals surface area contributed by atoms with E-state index in [2.05, 4.69) is 45.3 Å². The van der Waals surface area contributed by atoms with Crippen LogP contribution in [0.2, 0.25) is 0 Å². The van der Waals surface area contributed by atoms with Gasteiger partial charge in [-0.05, 0) is 43.7 Å². The lowest BCUT2D eigenvalue weighted by molar-refractivity contribution is -0.131. The molecule has 3 nitrogen and oxygen atoms in total. The summed E-state index contributed by atoms with van der Waals surface area (Å²) in [7, 11) is 0. The highest BCUT2D eigenvalue weighted by atomic mass is 16.2. The Kier molecular flexibility index (Phi) is 5.64. The summed E-state index contributed by atoms with van der Waals surface area (Å²) in [6.45, 7) is 13.8. The average molecular weight is 254 g/mol. The highest BCUT2D eigenvalue weighted by Crippen LogP contribution is 2.28. The zero-order valence-electron chi connectivity index (χ0n) is 12.7. The van der Waals surface area contributed by atoms with E-state index in [1.165, 1.54) is 0 Å². The number of hydrogen-bond donors (Lipinski definition) is 2. The number of piperidine rings is 1. The van der Waals surface area contributed by atoms with E-state index in [-0.39, 0.29) is 11.3 Å². The number of carbonyl (C=O) groups is 1. The Hall–Kier alpha value is -0.570. The molecule has 0 atom stereocenters. The first-order valence-electron chi connectivity index (χ1n) is 7.36. The maximum atomic E-state index is 12.3. The predicted molar refractivity (Wildman–Crippen MR) is 76.4 cm³/mol. The molecular formula is C15H30N2O. The number of nitrogens with one attached hydrogen (secondary N) is 2. The number of carbonyl (C=O) groups excluding carboxylic acids is 1. The molecule has 0 aromatic heterocycles. The molecule has 0 radical (unpaired) electrons. The smallest absolute Gasteiger partial charge is 0.226 e. The molecular weight excluding hydrogens is 224 g/mol. The minimum absolute atomic E-state index is 0.163. The molecule has 2 N–H and O–H groups in total. The summed E-state index contributed by atoms with van der Waals surface area (Å²) >= 11 is 0. The molecule has 1 saturated heterocycles. The highest BCUT2D eigenvalue weighted by molar-refractivity contribution is 5.82. The summed E-state index contributed by atoms with van der Waals surface area (Å²) in [5, 5.41) is 6.51. The number of amides is 1. The summed E-state index contributed by atoms with van der Waals surface area (Å²) in [5.41, 5.74) is -0.163. The van der Waals surface area contributed by atoms with Crippen LogP contribution in [0.5, 0.6) is 0 Å². The molecule has 1 heterocycles. The lowest BCUT2D eigenvalue weighted by atomic mass is 9.79. The van der Waals surface area contributed by atoms with E-state index in [1.807, 2.05) is 0 Å². The first kappa shape index (κ1) is 15.5. The molecule has 3 heteroatoms. The molecule has 0 saturated carbocycles. The Labute approximate surface area is 112 Å². The van der Waals surface area contributed by atoms with E-state index in [0.717, 1.165) is 32.5 Å². The van der Waals surface area contributed by atoms with Crippen molar-refractivity contribution in [1.29, 1.82) is 0 Å². The van der Waals surface area contributed by atoms with Gasteiger partial charge in [0.25, 0.3) is 0 Å². The van der Waals surface area contributed by atoms with Crippen molar-refractivity contribution in [2.75, 3.05) is 19.6 Å². The zero-order chi connectivity index (χ0) is 13.8. The normalized spacial score (nSPS) is 19.6. The molecule has 0 spiro atoms. The summed E-state index contributed by atoms with van der Waals surface area (Å²) in [4.78, 5) is 12.3. The van der Waals surface area contributed by atoms with Crippen LogP contribution < -0.4 is 10.6 Å². The molecule has 1 aliphatic rings. The van der Waals surface area contributed by atoms with Gasteiger partial charge in [-0.3, -0.25) is 4.79 Å². The maximum Gasteiger partial charge on any atom is 0.226 e. The average Bonchev–Trinajstić information content (AvgIpc) is 2.29. The van der Waals surface area contributed by atoms with Gasteiger partial charge in [-0.1, -0.05) is 34.6 Å². The molecule has 1 rings (SSSR count). The SMILES string of the molecule is CC(C)C(CNC(=O)C1(C)CCNCC1)C(C)C. The van der Waals surface area contributed by atoms with Gasteiger partial charge in [0, 0.05) is 12.0 Å². The summed E-state index contributed by atoms with van der Waals surface area (Å²) in [5.74, 6) is 2.05. The van der Waals surface area contributed by atoms with Gasteiger partial charge in [0.05, 0.1) is 0 Å². The van der Waals surface area contributed by atoms with Gasteiger partial charge in [-0.25, -0.2) is 0 Å². The van der Waals surface area contributed by atoms with Crippen molar-refractivity contribution in [3.63, 3.8) is 0 Å². The fourth-order valence-electron chi connectivity index (χ4n) is 2.87. The van der Waals surface area contributed by atoms with Crippen molar-refractivity contribution in [2.45, 2.75) is 47.5 Å². The van der Waals surface area contributed by atoms with Crippen molar-refractivity contribution in [2.24, 2.45) is 23.2 Å². The standard InChI is InChI=1S/C15H30N2O/c1-11(2)13(12(3)4)10-17-14(18)15(5)6-8-16-9-7-15/h11-13,16H,6-10H2,1-5H3,(H,17,18). The molecule has 0 aromatic carbocycles. The van der Waals surface area contributed by atoms with Gasteiger partial charge < -0.3 is 10.6 Å². The fourth-order valence-corrected chi connectivity index (χ4v) is 2.87. The van der Waals surface area contributed by atoms with Crippen LogP contribution in [0.25, 0.3) is 0 Å². The van der Waals surface area contributed by atoms with Gasteiger partial charge in [0.2, 0.25) is 5.91 Å². The van der Waals surface area contributed by atoms with Gasteiger partial charge in [0.15, 0.2) is 0 Å². The van der Waals surface area contributed by atoms with Crippen LogP contribution in [-0.4, -0.2) is 25.5 Å². The van der Waals surface area contributed by atoms with E-state index < -0.39 is 0 Å². The molecule has 18 heavy (non-hydrogen) atoms. The van der Waals surface area contributed by atoms with Crippen LogP contribution in [0.3, 0.4) is 0 Å². The Morgan fingerprint density at radius 1 is 1.17 bits per heavy atom. The van der Waals surface area contributed by atoms with Gasteiger partial charge in [0.1, 0.15) is 0 Å². The van der Waals surface area contributed by atoms with Gasteiger partial charge in [-0.15, -0.1) is 0 Å². The largest absolute Gasteiger partial charge is 0.355 e. The first-order chi connectivity index (χ1) is 8.37. The molecule has 1 aliphatic heterocycles. The fraction of sp³-hybridized carbons (Fsp3) is 0.933. The lowest BCUT2D eigenvalue weighted by Crippen LogP contribution is -2.47. The van der Waals surface area contributed by atoms with E-state index in [9.17, 15) is 4.79 Å². The van der Waals surface area contributed by atoms with Crippen LogP contribution in [0, 0.1) is 23.2 Å². The minimum Gasteiger partial charge on any atom is -0.355 e. The second kappa shape index (κ2) is 6.55. The van der Waals surface area contributed by atoms with Gasteiger partial charge >= 0.3 is 0 Å².